The van der Waals surface area contributed by atoms with Crippen molar-refractivity contribution < 1.29 is 4.79 Å². The molecule has 0 aliphatic carbocycles. The SMILES string of the molecule is Cc1c(C(C)NC(=O)c2cccc(CSc3nccn3C)c2)cnn1C. The molecule has 1 amide bonds. The van der Waals surface area contributed by atoms with Crippen molar-refractivity contribution in [2.45, 2.75) is 30.8 Å². The molecule has 0 fully saturated rings. The van der Waals surface area contributed by atoms with Crippen molar-refractivity contribution in [2.75, 3.05) is 0 Å². The van der Waals surface area contributed by atoms with E-state index in [1.165, 1.54) is 0 Å². The molecule has 1 unspecified atom stereocenters. The Bertz CT molecular complexity index is 914. The van der Waals surface area contributed by atoms with Crippen molar-refractivity contribution in [3.63, 3.8) is 0 Å². The van der Waals surface area contributed by atoms with Crippen molar-refractivity contribution in [2.24, 2.45) is 14.1 Å². The Balaban J connectivity index is 1.66. The van der Waals surface area contributed by atoms with Crippen molar-refractivity contribution in [1.82, 2.24) is 24.6 Å². The number of hydrogen-bond acceptors (Lipinski definition) is 4. The normalized spacial score (nSPS) is 12.2. The molecule has 0 aliphatic heterocycles. The number of thioether (sulfide) groups is 1. The van der Waals surface area contributed by atoms with Crippen molar-refractivity contribution in [3.8, 4) is 0 Å². The summed E-state index contributed by atoms with van der Waals surface area (Å²) < 4.78 is 3.80. The number of hydrogen-bond donors (Lipinski definition) is 1. The van der Waals surface area contributed by atoms with Crippen LogP contribution in [0, 0.1) is 6.92 Å². The van der Waals surface area contributed by atoms with Gasteiger partial charge in [-0.3, -0.25) is 9.48 Å². The largest absolute Gasteiger partial charge is 0.345 e. The molecule has 0 radical (unpaired) electrons. The predicted molar refractivity (Wildman–Crippen MR) is 103 cm³/mol. The van der Waals surface area contributed by atoms with Crippen LogP contribution in [0.3, 0.4) is 0 Å². The quantitative estimate of drug-likeness (QED) is 0.678. The molecule has 136 valence electrons. The fraction of sp³-hybridized carbons (Fsp3) is 0.316. The van der Waals surface area contributed by atoms with Crippen LogP contribution in [0.25, 0.3) is 0 Å². The summed E-state index contributed by atoms with van der Waals surface area (Å²) in [6.45, 7) is 3.98. The molecule has 2 aromatic heterocycles. The zero-order chi connectivity index (χ0) is 18.7. The van der Waals surface area contributed by atoms with Crippen molar-refractivity contribution in [1.29, 1.82) is 0 Å². The van der Waals surface area contributed by atoms with E-state index in [9.17, 15) is 4.79 Å². The number of benzene rings is 1. The number of aromatic nitrogens is 4. The van der Waals surface area contributed by atoms with Gasteiger partial charge >= 0.3 is 0 Å². The summed E-state index contributed by atoms with van der Waals surface area (Å²) in [7, 11) is 3.87. The second kappa shape index (κ2) is 7.78. The lowest BCUT2D eigenvalue weighted by atomic mass is 10.1. The number of nitrogens with one attached hydrogen (secondary N) is 1. The third-order valence-electron chi connectivity index (χ3n) is 4.42. The summed E-state index contributed by atoms with van der Waals surface area (Å²) in [5.74, 6) is 0.688. The average molecular weight is 369 g/mol. The van der Waals surface area contributed by atoms with Gasteiger partial charge in [0.25, 0.3) is 5.91 Å². The fourth-order valence-corrected chi connectivity index (χ4v) is 3.61. The molecule has 1 aromatic carbocycles. The third kappa shape index (κ3) is 3.99. The molecule has 7 heteroatoms. The molecule has 0 saturated carbocycles. The van der Waals surface area contributed by atoms with Gasteiger partial charge in [-0.2, -0.15) is 5.10 Å². The number of nitrogens with zero attached hydrogens (tertiary/aromatic N) is 4. The first-order valence-corrected chi connectivity index (χ1v) is 9.42. The molecule has 1 N–H and O–H groups in total. The first-order chi connectivity index (χ1) is 12.5. The number of imidazole rings is 1. The van der Waals surface area contributed by atoms with E-state index >= 15 is 0 Å². The standard InChI is InChI=1S/C19H23N5OS/c1-13(17-11-21-24(4)14(17)2)22-18(25)16-7-5-6-15(10-16)12-26-19-20-8-9-23(19)3/h5-11,13H,12H2,1-4H3,(H,22,25). The van der Waals surface area contributed by atoms with Crippen LogP contribution in [0.15, 0.2) is 48.0 Å². The topological polar surface area (TPSA) is 64.7 Å². The molecule has 0 spiro atoms. The van der Waals surface area contributed by atoms with Crippen LogP contribution in [-0.2, 0) is 19.8 Å². The lowest BCUT2D eigenvalue weighted by molar-refractivity contribution is 0.0939. The Morgan fingerprint density at radius 2 is 2.15 bits per heavy atom. The highest BCUT2D eigenvalue weighted by Gasteiger charge is 2.16. The van der Waals surface area contributed by atoms with Crippen LogP contribution in [0.5, 0.6) is 0 Å². The first kappa shape index (κ1) is 18.3. The summed E-state index contributed by atoms with van der Waals surface area (Å²) in [5.41, 5.74) is 3.84. The maximum absolute atomic E-state index is 12.6. The van der Waals surface area contributed by atoms with E-state index < -0.39 is 0 Å². The van der Waals surface area contributed by atoms with E-state index in [-0.39, 0.29) is 11.9 Å². The van der Waals surface area contributed by atoms with Crippen LogP contribution >= 0.6 is 11.8 Å². The van der Waals surface area contributed by atoms with Gasteiger partial charge in [-0.15, -0.1) is 0 Å². The van der Waals surface area contributed by atoms with Gasteiger partial charge < -0.3 is 9.88 Å². The molecule has 3 aromatic rings. The summed E-state index contributed by atoms with van der Waals surface area (Å²) in [5, 5.41) is 8.26. The van der Waals surface area contributed by atoms with Crippen LogP contribution in [-0.4, -0.2) is 25.2 Å². The van der Waals surface area contributed by atoms with Gasteiger partial charge in [0.1, 0.15) is 0 Å². The lowest BCUT2D eigenvalue weighted by Crippen LogP contribution is -2.27. The average Bonchev–Trinajstić information content (AvgIpc) is 3.19. The highest BCUT2D eigenvalue weighted by atomic mass is 32.2. The second-order valence-electron chi connectivity index (χ2n) is 6.31. The Labute approximate surface area is 157 Å². The maximum atomic E-state index is 12.6. The Kier molecular flexibility index (Phi) is 5.46. The summed E-state index contributed by atoms with van der Waals surface area (Å²) in [4.78, 5) is 16.9. The fourth-order valence-electron chi connectivity index (χ4n) is 2.74. The van der Waals surface area contributed by atoms with E-state index in [0.29, 0.717) is 5.56 Å². The van der Waals surface area contributed by atoms with Crippen LogP contribution in [0.4, 0.5) is 0 Å². The van der Waals surface area contributed by atoms with Crippen LogP contribution < -0.4 is 5.32 Å². The second-order valence-corrected chi connectivity index (χ2v) is 7.26. The number of aryl methyl sites for hydroxylation is 2. The van der Waals surface area contributed by atoms with E-state index in [1.807, 2.05) is 67.7 Å². The summed E-state index contributed by atoms with van der Waals surface area (Å²) in [6.07, 6.45) is 5.52. The van der Waals surface area contributed by atoms with Crippen molar-refractivity contribution in [3.05, 3.63) is 65.2 Å². The van der Waals surface area contributed by atoms with Gasteiger partial charge in [0.2, 0.25) is 0 Å². The summed E-state index contributed by atoms with van der Waals surface area (Å²) in [6, 6.07) is 7.63. The number of amides is 1. The predicted octanol–water partition coefficient (Wildman–Crippen LogP) is 3.25. The molecule has 3 rings (SSSR count). The minimum Gasteiger partial charge on any atom is -0.345 e. The highest BCUT2D eigenvalue weighted by Crippen LogP contribution is 2.21. The molecule has 0 saturated heterocycles. The molecule has 1 atom stereocenters. The smallest absolute Gasteiger partial charge is 0.251 e. The Hall–Kier alpha value is -2.54. The highest BCUT2D eigenvalue weighted by molar-refractivity contribution is 7.98. The lowest BCUT2D eigenvalue weighted by Gasteiger charge is -2.14. The van der Waals surface area contributed by atoms with Gasteiger partial charge in [-0.05, 0) is 31.5 Å². The molecule has 0 aliphatic rings. The maximum Gasteiger partial charge on any atom is 0.251 e. The monoisotopic (exact) mass is 369 g/mol. The molecule has 0 bridgehead atoms. The van der Waals surface area contributed by atoms with Gasteiger partial charge in [0, 0.05) is 49.1 Å². The van der Waals surface area contributed by atoms with E-state index in [0.717, 1.165) is 27.7 Å². The van der Waals surface area contributed by atoms with E-state index in [1.54, 1.807) is 24.2 Å². The Morgan fingerprint density at radius 1 is 1.35 bits per heavy atom. The third-order valence-corrected chi connectivity index (χ3v) is 5.55. The minimum absolute atomic E-state index is 0.0791. The summed E-state index contributed by atoms with van der Waals surface area (Å²) >= 11 is 1.65. The first-order valence-electron chi connectivity index (χ1n) is 8.44. The van der Waals surface area contributed by atoms with Gasteiger partial charge in [0.15, 0.2) is 5.16 Å². The zero-order valence-electron chi connectivity index (χ0n) is 15.4. The van der Waals surface area contributed by atoms with Gasteiger partial charge in [0.05, 0.1) is 12.2 Å². The van der Waals surface area contributed by atoms with Crippen molar-refractivity contribution >= 4 is 17.7 Å². The minimum atomic E-state index is -0.0956. The van der Waals surface area contributed by atoms with Crippen LogP contribution in [0.1, 0.15) is 40.1 Å². The number of rotatable bonds is 6. The Morgan fingerprint density at radius 3 is 2.81 bits per heavy atom. The number of carbonyl (C=O) groups is 1. The van der Waals surface area contributed by atoms with Gasteiger partial charge in [-0.1, -0.05) is 23.9 Å². The molecule has 2 heterocycles. The molecule has 26 heavy (non-hydrogen) atoms. The number of carbonyl (C=O) groups excluding carboxylic acids is 1. The molecular formula is C19H23N5OS. The molecule has 6 nitrogen and oxygen atoms in total. The van der Waals surface area contributed by atoms with E-state index in [4.69, 9.17) is 0 Å². The van der Waals surface area contributed by atoms with Crippen LogP contribution in [0.2, 0.25) is 0 Å². The van der Waals surface area contributed by atoms with E-state index in [2.05, 4.69) is 15.4 Å². The van der Waals surface area contributed by atoms with Gasteiger partial charge in [-0.25, -0.2) is 4.98 Å². The molecular weight excluding hydrogens is 346 g/mol. The zero-order valence-corrected chi connectivity index (χ0v) is 16.2.